The van der Waals surface area contributed by atoms with Crippen molar-refractivity contribution in [2.24, 2.45) is 0 Å². The Morgan fingerprint density at radius 1 is 0.844 bits per heavy atom. The lowest BCUT2D eigenvalue weighted by Gasteiger charge is -2.11. The van der Waals surface area contributed by atoms with Crippen molar-refractivity contribution in [3.05, 3.63) is 90.0 Å². The monoisotopic (exact) mass is 447 g/mol. The molecule has 32 heavy (non-hydrogen) atoms. The Morgan fingerprint density at radius 3 is 2.09 bits per heavy atom. The SMILES string of the molecule is CCOc1ccc(C(=O)NC(=S)Nc2ccc(NC(=O)CCc3ccccc3)cc2)cc1. The van der Waals surface area contributed by atoms with Gasteiger partial charge in [0, 0.05) is 23.4 Å². The van der Waals surface area contributed by atoms with Crippen molar-refractivity contribution < 1.29 is 14.3 Å². The predicted octanol–water partition coefficient (Wildman–Crippen LogP) is 4.78. The Morgan fingerprint density at radius 2 is 1.47 bits per heavy atom. The van der Waals surface area contributed by atoms with Gasteiger partial charge >= 0.3 is 0 Å². The van der Waals surface area contributed by atoms with E-state index in [1.165, 1.54) is 0 Å². The van der Waals surface area contributed by atoms with Crippen LogP contribution in [0, 0.1) is 0 Å². The molecule has 0 bridgehead atoms. The molecule has 7 heteroatoms. The van der Waals surface area contributed by atoms with E-state index in [-0.39, 0.29) is 16.9 Å². The van der Waals surface area contributed by atoms with Crippen LogP contribution in [0.5, 0.6) is 5.75 Å². The molecule has 0 aromatic heterocycles. The molecule has 0 fully saturated rings. The van der Waals surface area contributed by atoms with Gasteiger partial charge in [-0.1, -0.05) is 30.3 Å². The zero-order valence-corrected chi connectivity index (χ0v) is 18.6. The van der Waals surface area contributed by atoms with Gasteiger partial charge in [-0.25, -0.2) is 0 Å². The molecule has 0 aliphatic rings. The highest BCUT2D eigenvalue weighted by Gasteiger charge is 2.09. The maximum atomic E-state index is 12.3. The number of carbonyl (C=O) groups is 2. The second-order valence-corrected chi connectivity index (χ2v) is 7.39. The molecule has 0 aliphatic carbocycles. The van der Waals surface area contributed by atoms with Gasteiger partial charge in [0.25, 0.3) is 5.91 Å². The van der Waals surface area contributed by atoms with E-state index in [4.69, 9.17) is 17.0 Å². The highest BCUT2D eigenvalue weighted by atomic mass is 32.1. The van der Waals surface area contributed by atoms with Crippen molar-refractivity contribution in [2.45, 2.75) is 19.8 Å². The minimum Gasteiger partial charge on any atom is -0.494 e. The number of benzene rings is 3. The lowest BCUT2D eigenvalue weighted by atomic mass is 10.1. The molecule has 0 saturated carbocycles. The van der Waals surface area contributed by atoms with Crippen LogP contribution in [0.25, 0.3) is 0 Å². The second kappa shape index (κ2) is 11.6. The van der Waals surface area contributed by atoms with Crippen molar-refractivity contribution in [3.63, 3.8) is 0 Å². The maximum absolute atomic E-state index is 12.3. The van der Waals surface area contributed by atoms with E-state index >= 15 is 0 Å². The lowest BCUT2D eigenvalue weighted by Crippen LogP contribution is -2.34. The van der Waals surface area contributed by atoms with Crippen LogP contribution in [0.1, 0.15) is 29.3 Å². The van der Waals surface area contributed by atoms with Gasteiger partial charge in [0.05, 0.1) is 6.61 Å². The summed E-state index contributed by atoms with van der Waals surface area (Å²) in [5, 5.41) is 8.67. The summed E-state index contributed by atoms with van der Waals surface area (Å²) in [6, 6.07) is 23.8. The average molecular weight is 448 g/mol. The summed E-state index contributed by atoms with van der Waals surface area (Å²) >= 11 is 5.23. The summed E-state index contributed by atoms with van der Waals surface area (Å²) in [4.78, 5) is 24.5. The van der Waals surface area contributed by atoms with Crippen molar-refractivity contribution in [1.82, 2.24) is 5.32 Å². The number of ether oxygens (including phenoxy) is 1. The molecule has 0 saturated heterocycles. The first-order chi connectivity index (χ1) is 15.5. The van der Waals surface area contributed by atoms with Crippen LogP contribution in [0.2, 0.25) is 0 Å². The molecule has 3 aromatic rings. The topological polar surface area (TPSA) is 79.5 Å². The Kier molecular flexibility index (Phi) is 8.34. The number of aryl methyl sites for hydroxylation is 1. The van der Waals surface area contributed by atoms with Gasteiger partial charge in [0.2, 0.25) is 5.91 Å². The summed E-state index contributed by atoms with van der Waals surface area (Å²) in [6.07, 6.45) is 1.10. The third-order valence-corrected chi connectivity index (χ3v) is 4.77. The van der Waals surface area contributed by atoms with Gasteiger partial charge in [-0.05, 0) is 79.7 Å². The number of rotatable bonds is 8. The summed E-state index contributed by atoms with van der Waals surface area (Å²) in [5.41, 5.74) is 3.00. The van der Waals surface area contributed by atoms with Gasteiger partial charge < -0.3 is 15.4 Å². The smallest absolute Gasteiger partial charge is 0.257 e. The molecule has 0 radical (unpaired) electrons. The van der Waals surface area contributed by atoms with Crippen molar-refractivity contribution in [2.75, 3.05) is 17.2 Å². The van der Waals surface area contributed by atoms with E-state index in [0.717, 1.165) is 5.56 Å². The molecular weight excluding hydrogens is 422 g/mol. The van der Waals surface area contributed by atoms with E-state index in [9.17, 15) is 9.59 Å². The number of hydrogen-bond donors (Lipinski definition) is 3. The minimum atomic E-state index is -0.312. The summed E-state index contributed by atoms with van der Waals surface area (Å²) in [7, 11) is 0. The summed E-state index contributed by atoms with van der Waals surface area (Å²) in [5.74, 6) is 0.345. The predicted molar refractivity (Wildman–Crippen MR) is 131 cm³/mol. The molecule has 3 aromatic carbocycles. The van der Waals surface area contributed by atoms with Crippen LogP contribution in [0.4, 0.5) is 11.4 Å². The Balaban J connectivity index is 1.45. The number of anilines is 2. The molecule has 0 atom stereocenters. The number of hydrogen-bond acceptors (Lipinski definition) is 4. The van der Waals surface area contributed by atoms with Crippen LogP contribution in [-0.4, -0.2) is 23.5 Å². The van der Waals surface area contributed by atoms with Crippen LogP contribution in [-0.2, 0) is 11.2 Å². The highest BCUT2D eigenvalue weighted by Crippen LogP contribution is 2.15. The summed E-state index contributed by atoms with van der Waals surface area (Å²) in [6.45, 7) is 2.47. The maximum Gasteiger partial charge on any atom is 0.257 e. The van der Waals surface area contributed by atoms with Gasteiger partial charge in [-0.15, -0.1) is 0 Å². The molecule has 3 rings (SSSR count). The molecule has 0 heterocycles. The largest absolute Gasteiger partial charge is 0.494 e. The van der Waals surface area contributed by atoms with Crippen LogP contribution < -0.4 is 20.7 Å². The third kappa shape index (κ3) is 7.21. The number of carbonyl (C=O) groups excluding carboxylic acids is 2. The second-order valence-electron chi connectivity index (χ2n) is 6.98. The first-order valence-electron chi connectivity index (χ1n) is 10.3. The van der Waals surface area contributed by atoms with Gasteiger partial charge in [0.1, 0.15) is 5.75 Å². The normalized spacial score (nSPS) is 10.2. The Labute approximate surface area is 193 Å². The van der Waals surface area contributed by atoms with E-state index in [2.05, 4.69) is 16.0 Å². The molecule has 3 N–H and O–H groups in total. The molecule has 0 unspecified atom stereocenters. The number of thiocarbonyl (C=S) groups is 1. The molecule has 164 valence electrons. The zero-order valence-electron chi connectivity index (χ0n) is 17.8. The van der Waals surface area contributed by atoms with E-state index in [0.29, 0.717) is 42.1 Å². The van der Waals surface area contributed by atoms with E-state index < -0.39 is 0 Å². The van der Waals surface area contributed by atoms with Gasteiger partial charge in [0.15, 0.2) is 5.11 Å². The molecule has 0 spiro atoms. The fourth-order valence-electron chi connectivity index (χ4n) is 2.97. The molecular formula is C25H25N3O3S. The van der Waals surface area contributed by atoms with Crippen molar-refractivity contribution in [1.29, 1.82) is 0 Å². The highest BCUT2D eigenvalue weighted by molar-refractivity contribution is 7.80. The van der Waals surface area contributed by atoms with Crippen molar-refractivity contribution in [3.8, 4) is 5.75 Å². The lowest BCUT2D eigenvalue weighted by molar-refractivity contribution is -0.116. The van der Waals surface area contributed by atoms with Crippen molar-refractivity contribution >= 4 is 40.5 Å². The fraction of sp³-hybridized carbons (Fsp3) is 0.160. The fourth-order valence-corrected chi connectivity index (χ4v) is 3.18. The Hall–Kier alpha value is -3.71. The summed E-state index contributed by atoms with van der Waals surface area (Å²) < 4.78 is 5.37. The third-order valence-electron chi connectivity index (χ3n) is 4.56. The van der Waals surface area contributed by atoms with Gasteiger partial charge in [-0.2, -0.15) is 0 Å². The molecule has 2 amide bonds. The van der Waals surface area contributed by atoms with Gasteiger partial charge in [-0.3, -0.25) is 14.9 Å². The number of amides is 2. The first-order valence-corrected chi connectivity index (χ1v) is 10.7. The minimum absolute atomic E-state index is 0.0484. The van der Waals surface area contributed by atoms with Crippen LogP contribution >= 0.6 is 12.2 Å². The van der Waals surface area contributed by atoms with E-state index in [1.807, 2.05) is 37.3 Å². The Bertz CT molecular complexity index is 1050. The average Bonchev–Trinajstić information content (AvgIpc) is 2.80. The molecule has 6 nitrogen and oxygen atoms in total. The van der Waals surface area contributed by atoms with Crippen LogP contribution in [0.3, 0.4) is 0 Å². The first kappa shape index (κ1) is 23.0. The van der Waals surface area contributed by atoms with Crippen LogP contribution in [0.15, 0.2) is 78.9 Å². The zero-order chi connectivity index (χ0) is 22.8. The number of nitrogens with one attached hydrogen (secondary N) is 3. The quantitative estimate of drug-likeness (QED) is 0.433. The van der Waals surface area contributed by atoms with E-state index in [1.54, 1.807) is 48.5 Å². The molecule has 0 aliphatic heterocycles. The standard InChI is InChI=1S/C25H25N3O3S/c1-2-31-22-15-9-19(10-16-22)24(30)28-25(32)27-21-13-11-20(12-14-21)26-23(29)17-8-18-6-4-3-5-7-18/h3-7,9-16H,2,8,17H2,1H3,(H,26,29)(H2,27,28,30,32).